The Morgan fingerprint density at radius 3 is 2.76 bits per heavy atom. The lowest BCUT2D eigenvalue weighted by atomic mass is 10.1. The Morgan fingerprint density at radius 2 is 2.12 bits per heavy atom. The molecule has 1 heterocycles. The molecular formula is C14H17NO2. The first-order valence-electron chi connectivity index (χ1n) is 5.84. The molecule has 0 aliphatic carbocycles. The lowest BCUT2D eigenvalue weighted by Crippen LogP contribution is -2.36. The molecule has 2 atom stereocenters. The highest BCUT2D eigenvalue weighted by molar-refractivity contribution is 5.79. The van der Waals surface area contributed by atoms with Gasteiger partial charge in [-0.3, -0.25) is 4.79 Å². The molecule has 0 unspecified atom stereocenters. The number of amides is 1. The predicted octanol–water partition coefficient (Wildman–Crippen LogP) is 1.72. The summed E-state index contributed by atoms with van der Waals surface area (Å²) in [5, 5.41) is 9.83. The minimum Gasteiger partial charge on any atom is -0.390 e. The van der Waals surface area contributed by atoms with Crippen LogP contribution in [0.5, 0.6) is 0 Å². The van der Waals surface area contributed by atoms with Crippen molar-refractivity contribution in [2.45, 2.75) is 31.5 Å². The maximum atomic E-state index is 11.8. The minimum atomic E-state index is -0.566. The first-order chi connectivity index (χ1) is 8.22. The molecule has 0 saturated carbocycles. The van der Waals surface area contributed by atoms with Crippen LogP contribution in [-0.2, 0) is 11.3 Å². The lowest BCUT2D eigenvalue weighted by molar-refractivity contribution is -0.129. The van der Waals surface area contributed by atoms with Crippen LogP contribution >= 0.6 is 0 Å². The van der Waals surface area contributed by atoms with Crippen LogP contribution < -0.4 is 0 Å². The highest BCUT2D eigenvalue weighted by atomic mass is 16.3. The Bertz CT molecular complexity index is 402. The molecule has 1 aromatic rings. The summed E-state index contributed by atoms with van der Waals surface area (Å²) >= 11 is 0. The van der Waals surface area contributed by atoms with Gasteiger partial charge >= 0.3 is 0 Å². The van der Waals surface area contributed by atoms with E-state index in [9.17, 15) is 9.90 Å². The molecule has 90 valence electrons. The van der Waals surface area contributed by atoms with Crippen molar-refractivity contribution in [3.05, 3.63) is 48.6 Å². The Morgan fingerprint density at radius 1 is 1.41 bits per heavy atom. The average Bonchev–Trinajstić information content (AvgIpc) is 2.58. The fourth-order valence-electron chi connectivity index (χ4n) is 2.27. The largest absolute Gasteiger partial charge is 0.390 e. The smallest absolute Gasteiger partial charge is 0.225 e. The molecule has 0 aromatic heterocycles. The Labute approximate surface area is 101 Å². The van der Waals surface area contributed by atoms with Crippen LogP contribution in [0, 0.1) is 0 Å². The molecule has 1 aromatic carbocycles. The summed E-state index contributed by atoms with van der Waals surface area (Å²) in [6, 6.07) is 9.71. The van der Waals surface area contributed by atoms with Crippen molar-refractivity contribution in [3.63, 3.8) is 0 Å². The summed E-state index contributed by atoms with van der Waals surface area (Å²) in [5.74, 6) is 0.0215. The van der Waals surface area contributed by atoms with Gasteiger partial charge < -0.3 is 10.0 Å². The molecule has 1 aliphatic rings. The number of carbonyl (C=O) groups excluding carboxylic acids is 1. The number of hydrogen-bond acceptors (Lipinski definition) is 2. The third-order valence-electron chi connectivity index (χ3n) is 3.15. The first kappa shape index (κ1) is 11.9. The van der Waals surface area contributed by atoms with Crippen LogP contribution in [0.25, 0.3) is 0 Å². The van der Waals surface area contributed by atoms with Crippen molar-refractivity contribution in [1.82, 2.24) is 4.90 Å². The van der Waals surface area contributed by atoms with E-state index in [0.717, 1.165) is 5.56 Å². The van der Waals surface area contributed by atoms with Gasteiger partial charge in [0.05, 0.1) is 18.6 Å². The summed E-state index contributed by atoms with van der Waals surface area (Å²) in [4.78, 5) is 13.6. The van der Waals surface area contributed by atoms with Crippen molar-refractivity contribution in [1.29, 1.82) is 0 Å². The maximum Gasteiger partial charge on any atom is 0.225 e. The van der Waals surface area contributed by atoms with Crippen molar-refractivity contribution in [3.8, 4) is 0 Å². The monoisotopic (exact) mass is 231 g/mol. The van der Waals surface area contributed by atoms with Gasteiger partial charge in [-0.2, -0.15) is 0 Å². The first-order valence-corrected chi connectivity index (χ1v) is 5.84. The van der Waals surface area contributed by atoms with Gasteiger partial charge in [-0.15, -0.1) is 6.58 Å². The molecular weight excluding hydrogens is 214 g/mol. The summed E-state index contributed by atoms with van der Waals surface area (Å²) in [6.45, 7) is 4.24. The summed E-state index contributed by atoms with van der Waals surface area (Å²) in [5.41, 5.74) is 1.09. The number of hydrogen-bond donors (Lipinski definition) is 1. The summed E-state index contributed by atoms with van der Waals surface area (Å²) in [6.07, 6.45) is 2.06. The number of likely N-dealkylation sites (tertiary alicyclic amines) is 1. The molecule has 1 aliphatic heterocycles. The maximum absolute atomic E-state index is 11.8. The summed E-state index contributed by atoms with van der Waals surface area (Å²) in [7, 11) is 0. The molecule has 3 nitrogen and oxygen atoms in total. The van der Waals surface area contributed by atoms with E-state index in [0.29, 0.717) is 13.0 Å². The SMILES string of the molecule is C=CC[C@H]1[C@@H](O)CC(=O)N1Cc1ccccc1. The van der Waals surface area contributed by atoms with Crippen LogP contribution in [0.4, 0.5) is 0 Å². The van der Waals surface area contributed by atoms with E-state index in [2.05, 4.69) is 6.58 Å². The number of carbonyl (C=O) groups is 1. The molecule has 1 fully saturated rings. The van der Waals surface area contributed by atoms with E-state index < -0.39 is 6.10 Å². The van der Waals surface area contributed by atoms with E-state index in [1.807, 2.05) is 30.3 Å². The average molecular weight is 231 g/mol. The van der Waals surface area contributed by atoms with E-state index in [1.54, 1.807) is 11.0 Å². The number of rotatable bonds is 4. The van der Waals surface area contributed by atoms with Crippen molar-refractivity contribution >= 4 is 5.91 Å². The van der Waals surface area contributed by atoms with Crippen LogP contribution in [-0.4, -0.2) is 28.1 Å². The number of aliphatic hydroxyl groups is 1. The third kappa shape index (κ3) is 2.56. The number of nitrogens with zero attached hydrogens (tertiary/aromatic N) is 1. The van der Waals surface area contributed by atoms with E-state index in [1.165, 1.54) is 0 Å². The topological polar surface area (TPSA) is 40.5 Å². The highest BCUT2D eigenvalue weighted by Crippen LogP contribution is 2.24. The Kier molecular flexibility index (Phi) is 3.59. The van der Waals surface area contributed by atoms with Crippen molar-refractivity contribution in [2.24, 2.45) is 0 Å². The zero-order valence-corrected chi connectivity index (χ0v) is 9.75. The molecule has 3 heteroatoms. The van der Waals surface area contributed by atoms with Crippen molar-refractivity contribution < 1.29 is 9.90 Å². The van der Waals surface area contributed by atoms with Gasteiger partial charge in [0.25, 0.3) is 0 Å². The standard InChI is InChI=1S/C14H17NO2/c1-2-6-12-13(16)9-14(17)15(12)10-11-7-4-3-5-8-11/h2-5,7-8,12-13,16H,1,6,9-10H2/t12-,13-/m0/s1. The zero-order valence-electron chi connectivity index (χ0n) is 9.75. The Hall–Kier alpha value is -1.61. The quantitative estimate of drug-likeness (QED) is 0.802. The third-order valence-corrected chi connectivity index (χ3v) is 3.15. The second kappa shape index (κ2) is 5.15. The van der Waals surface area contributed by atoms with Gasteiger partial charge in [-0.1, -0.05) is 36.4 Å². The van der Waals surface area contributed by atoms with E-state index in [4.69, 9.17) is 0 Å². The normalized spacial score (nSPS) is 24.1. The molecule has 2 rings (SSSR count). The van der Waals surface area contributed by atoms with Gasteiger partial charge in [0.15, 0.2) is 0 Å². The molecule has 17 heavy (non-hydrogen) atoms. The fourth-order valence-corrected chi connectivity index (χ4v) is 2.27. The van der Waals surface area contributed by atoms with E-state index >= 15 is 0 Å². The van der Waals surface area contributed by atoms with Gasteiger partial charge in [0.1, 0.15) is 0 Å². The molecule has 1 amide bonds. The van der Waals surface area contributed by atoms with Crippen LogP contribution in [0.3, 0.4) is 0 Å². The van der Waals surface area contributed by atoms with E-state index in [-0.39, 0.29) is 18.4 Å². The second-order valence-electron chi connectivity index (χ2n) is 4.37. The van der Waals surface area contributed by atoms with Crippen molar-refractivity contribution in [2.75, 3.05) is 0 Å². The molecule has 1 saturated heterocycles. The summed E-state index contributed by atoms with van der Waals surface area (Å²) < 4.78 is 0. The van der Waals surface area contributed by atoms with Crippen LogP contribution in [0.1, 0.15) is 18.4 Å². The molecule has 0 spiro atoms. The van der Waals surface area contributed by atoms with Crippen LogP contribution in [0.15, 0.2) is 43.0 Å². The second-order valence-corrected chi connectivity index (χ2v) is 4.37. The van der Waals surface area contributed by atoms with Crippen LogP contribution in [0.2, 0.25) is 0 Å². The number of aliphatic hydroxyl groups excluding tert-OH is 1. The van der Waals surface area contributed by atoms with Gasteiger partial charge in [0.2, 0.25) is 5.91 Å². The molecule has 0 radical (unpaired) electrons. The van der Waals surface area contributed by atoms with Gasteiger partial charge in [0, 0.05) is 6.54 Å². The fraction of sp³-hybridized carbons (Fsp3) is 0.357. The number of benzene rings is 1. The lowest BCUT2D eigenvalue weighted by Gasteiger charge is -2.25. The Balaban J connectivity index is 2.12. The molecule has 1 N–H and O–H groups in total. The van der Waals surface area contributed by atoms with Gasteiger partial charge in [-0.05, 0) is 12.0 Å². The zero-order chi connectivity index (χ0) is 12.3. The molecule has 0 bridgehead atoms. The van der Waals surface area contributed by atoms with Gasteiger partial charge in [-0.25, -0.2) is 0 Å². The minimum absolute atomic E-state index is 0.0215. The predicted molar refractivity (Wildman–Crippen MR) is 66.2 cm³/mol. The highest BCUT2D eigenvalue weighted by Gasteiger charge is 2.37.